The molecule has 0 spiro atoms. The summed E-state index contributed by atoms with van der Waals surface area (Å²) in [5.74, 6) is 0. The molecule has 0 N–H and O–H groups in total. The Morgan fingerprint density at radius 2 is 2.00 bits per heavy atom. The molecule has 0 saturated heterocycles. The number of hydrogen-bond acceptors (Lipinski definition) is 2. The van der Waals surface area contributed by atoms with Crippen molar-refractivity contribution < 1.29 is 0 Å². The molecular formula is C11H13NO. The van der Waals surface area contributed by atoms with Crippen molar-refractivity contribution in [2.45, 2.75) is 20.8 Å². The summed E-state index contributed by atoms with van der Waals surface area (Å²) < 4.78 is 0. The molecule has 0 bridgehead atoms. The van der Waals surface area contributed by atoms with Crippen LogP contribution in [-0.4, -0.2) is 0 Å². The van der Waals surface area contributed by atoms with Crippen LogP contribution in [0.5, 0.6) is 0 Å². The molecule has 0 saturated carbocycles. The number of nitrogens with zero attached hydrogens (tertiary/aromatic N) is 1. The minimum absolute atomic E-state index is 0.515. The Morgan fingerprint density at radius 3 is 2.54 bits per heavy atom. The number of nitroso groups, excluding NO2 is 1. The first-order valence-corrected chi connectivity index (χ1v) is 4.27. The minimum atomic E-state index is 0.515. The number of aryl methyl sites for hydroxylation is 1. The topological polar surface area (TPSA) is 29.4 Å². The molecule has 0 amide bonds. The third kappa shape index (κ3) is 1.83. The Labute approximate surface area is 78.3 Å². The third-order valence-electron chi connectivity index (χ3n) is 2.19. The van der Waals surface area contributed by atoms with E-state index < -0.39 is 0 Å². The van der Waals surface area contributed by atoms with E-state index in [1.54, 1.807) is 6.07 Å². The number of rotatable bonds is 2. The van der Waals surface area contributed by atoms with Crippen LogP contribution in [0.2, 0.25) is 0 Å². The highest BCUT2D eigenvalue weighted by Gasteiger charge is 2.04. The molecule has 0 atom stereocenters. The summed E-state index contributed by atoms with van der Waals surface area (Å²) >= 11 is 0. The molecule has 1 aromatic rings. The zero-order valence-corrected chi connectivity index (χ0v) is 8.16. The maximum atomic E-state index is 10.5. The summed E-state index contributed by atoms with van der Waals surface area (Å²) in [7, 11) is 0. The third-order valence-corrected chi connectivity index (χ3v) is 2.19. The summed E-state index contributed by atoms with van der Waals surface area (Å²) in [6, 6.07) is 3.67. The van der Waals surface area contributed by atoms with Gasteiger partial charge in [0.2, 0.25) is 0 Å². The summed E-state index contributed by atoms with van der Waals surface area (Å²) in [6.45, 7) is 5.95. The van der Waals surface area contributed by atoms with E-state index in [0.29, 0.717) is 5.69 Å². The van der Waals surface area contributed by atoms with E-state index in [-0.39, 0.29) is 0 Å². The lowest BCUT2D eigenvalue weighted by molar-refractivity contribution is 1.30. The zero-order chi connectivity index (χ0) is 9.84. The lowest BCUT2D eigenvalue weighted by Gasteiger charge is -2.05. The molecule has 2 nitrogen and oxygen atoms in total. The van der Waals surface area contributed by atoms with E-state index in [1.807, 2.05) is 39.0 Å². The molecule has 0 fully saturated rings. The van der Waals surface area contributed by atoms with Crippen molar-refractivity contribution in [3.63, 3.8) is 0 Å². The quantitative estimate of drug-likeness (QED) is 0.629. The van der Waals surface area contributed by atoms with Gasteiger partial charge in [-0.1, -0.05) is 18.2 Å². The van der Waals surface area contributed by atoms with Gasteiger partial charge >= 0.3 is 0 Å². The van der Waals surface area contributed by atoms with Crippen LogP contribution in [0.15, 0.2) is 23.4 Å². The van der Waals surface area contributed by atoms with Gasteiger partial charge in [0.05, 0.1) is 0 Å². The summed E-state index contributed by atoms with van der Waals surface area (Å²) in [5, 5.41) is 2.99. The standard InChI is InChI=1S/C11H13NO/c1-4-5-10-9(3)8(2)6-7-11(10)12-13/h4-7H,1-3H3/b5-4-. The van der Waals surface area contributed by atoms with Crippen LogP contribution in [0.3, 0.4) is 0 Å². The van der Waals surface area contributed by atoms with E-state index in [4.69, 9.17) is 0 Å². The van der Waals surface area contributed by atoms with Gasteiger partial charge < -0.3 is 0 Å². The Kier molecular flexibility index (Phi) is 2.96. The average Bonchev–Trinajstić information content (AvgIpc) is 2.14. The number of allylic oxidation sites excluding steroid dienone is 1. The lowest BCUT2D eigenvalue weighted by atomic mass is 10.0. The van der Waals surface area contributed by atoms with Gasteiger partial charge in [-0.3, -0.25) is 0 Å². The Balaban J connectivity index is 3.40. The van der Waals surface area contributed by atoms with Crippen LogP contribution >= 0.6 is 0 Å². The molecule has 0 aliphatic rings. The second kappa shape index (κ2) is 3.99. The molecule has 0 unspecified atom stereocenters. The van der Waals surface area contributed by atoms with Crippen LogP contribution in [-0.2, 0) is 0 Å². The normalized spacial score (nSPS) is 10.7. The van der Waals surface area contributed by atoms with E-state index in [0.717, 1.165) is 11.1 Å². The SMILES string of the molecule is C/C=C\c1c(N=O)ccc(C)c1C. The molecule has 2 heteroatoms. The maximum Gasteiger partial charge on any atom is 0.115 e. The molecule has 0 aliphatic heterocycles. The van der Waals surface area contributed by atoms with Gasteiger partial charge in [-0.2, -0.15) is 0 Å². The second-order valence-corrected chi connectivity index (χ2v) is 3.03. The molecule has 1 rings (SSSR count). The highest BCUT2D eigenvalue weighted by atomic mass is 16.3. The number of benzene rings is 1. The summed E-state index contributed by atoms with van der Waals surface area (Å²) in [6.07, 6.45) is 3.83. The molecule has 0 aromatic heterocycles. The molecule has 1 aromatic carbocycles. The van der Waals surface area contributed by atoms with Crippen LogP contribution < -0.4 is 0 Å². The van der Waals surface area contributed by atoms with Crippen molar-refractivity contribution in [3.05, 3.63) is 39.8 Å². The highest BCUT2D eigenvalue weighted by Crippen LogP contribution is 2.26. The van der Waals surface area contributed by atoms with Crippen LogP contribution in [0.25, 0.3) is 6.08 Å². The Bertz CT molecular complexity index is 353. The van der Waals surface area contributed by atoms with Gasteiger partial charge in [0.15, 0.2) is 0 Å². The molecule has 0 aliphatic carbocycles. The Hall–Kier alpha value is -1.44. The monoisotopic (exact) mass is 175 g/mol. The minimum Gasteiger partial charge on any atom is -0.145 e. The first-order chi connectivity index (χ1) is 6.20. The van der Waals surface area contributed by atoms with Crippen LogP contribution in [0, 0.1) is 18.8 Å². The fraction of sp³-hybridized carbons (Fsp3) is 0.273. The van der Waals surface area contributed by atoms with E-state index in [2.05, 4.69) is 5.18 Å². The highest BCUT2D eigenvalue weighted by molar-refractivity contribution is 5.68. The van der Waals surface area contributed by atoms with Crippen molar-refractivity contribution in [2.24, 2.45) is 5.18 Å². The van der Waals surface area contributed by atoms with Crippen molar-refractivity contribution in [3.8, 4) is 0 Å². The zero-order valence-electron chi connectivity index (χ0n) is 8.16. The second-order valence-electron chi connectivity index (χ2n) is 3.03. The molecule has 0 heterocycles. The maximum absolute atomic E-state index is 10.5. The van der Waals surface area contributed by atoms with E-state index in [9.17, 15) is 4.91 Å². The fourth-order valence-electron chi connectivity index (χ4n) is 1.28. The van der Waals surface area contributed by atoms with Gasteiger partial charge in [0, 0.05) is 5.56 Å². The van der Waals surface area contributed by atoms with Crippen molar-refractivity contribution in [2.75, 3.05) is 0 Å². The predicted octanol–water partition coefficient (Wildman–Crippen LogP) is 3.73. The fourth-order valence-corrected chi connectivity index (χ4v) is 1.28. The van der Waals surface area contributed by atoms with Gasteiger partial charge in [-0.15, -0.1) is 4.91 Å². The predicted molar refractivity (Wildman–Crippen MR) is 56.1 cm³/mol. The molecule has 13 heavy (non-hydrogen) atoms. The van der Waals surface area contributed by atoms with Crippen LogP contribution in [0.1, 0.15) is 23.6 Å². The molecule has 0 radical (unpaired) electrons. The molecular weight excluding hydrogens is 162 g/mol. The van der Waals surface area contributed by atoms with Gasteiger partial charge in [-0.25, -0.2) is 0 Å². The first kappa shape index (κ1) is 9.65. The summed E-state index contributed by atoms with van der Waals surface area (Å²) in [5.41, 5.74) is 3.74. The Morgan fingerprint density at radius 1 is 1.31 bits per heavy atom. The summed E-state index contributed by atoms with van der Waals surface area (Å²) in [4.78, 5) is 10.5. The van der Waals surface area contributed by atoms with Crippen LogP contribution in [0.4, 0.5) is 5.69 Å². The average molecular weight is 175 g/mol. The van der Waals surface area contributed by atoms with Gasteiger partial charge in [0.1, 0.15) is 5.69 Å². The molecule has 68 valence electrons. The van der Waals surface area contributed by atoms with Gasteiger partial charge in [-0.05, 0) is 43.1 Å². The number of hydrogen-bond donors (Lipinski definition) is 0. The van der Waals surface area contributed by atoms with E-state index >= 15 is 0 Å². The van der Waals surface area contributed by atoms with Crippen molar-refractivity contribution in [1.29, 1.82) is 0 Å². The lowest BCUT2D eigenvalue weighted by Crippen LogP contribution is -1.85. The van der Waals surface area contributed by atoms with Crippen molar-refractivity contribution in [1.82, 2.24) is 0 Å². The van der Waals surface area contributed by atoms with Gasteiger partial charge in [0.25, 0.3) is 0 Å². The largest absolute Gasteiger partial charge is 0.145 e. The smallest absolute Gasteiger partial charge is 0.115 e. The van der Waals surface area contributed by atoms with E-state index in [1.165, 1.54) is 5.56 Å². The first-order valence-electron chi connectivity index (χ1n) is 4.27. The van der Waals surface area contributed by atoms with Crippen molar-refractivity contribution >= 4 is 11.8 Å².